The van der Waals surface area contributed by atoms with Crippen LogP contribution in [0.1, 0.15) is 25.7 Å². The van der Waals surface area contributed by atoms with Gasteiger partial charge in [0, 0.05) is 19.2 Å². The first-order chi connectivity index (χ1) is 9.70. The van der Waals surface area contributed by atoms with Crippen molar-refractivity contribution in [1.29, 1.82) is 0 Å². The van der Waals surface area contributed by atoms with E-state index in [1.807, 2.05) is 0 Å². The van der Waals surface area contributed by atoms with Gasteiger partial charge < -0.3 is 15.0 Å². The molecule has 6 heteroatoms. The van der Waals surface area contributed by atoms with E-state index in [0.29, 0.717) is 24.5 Å². The molecule has 1 saturated heterocycles. The molecule has 20 heavy (non-hydrogen) atoms. The average molecular weight is 277 g/mol. The number of nitrogens with one attached hydrogen (secondary N) is 1. The van der Waals surface area contributed by atoms with Crippen molar-refractivity contribution in [3.63, 3.8) is 0 Å². The van der Waals surface area contributed by atoms with Crippen molar-refractivity contribution in [3.05, 3.63) is 18.3 Å². The van der Waals surface area contributed by atoms with Crippen LogP contribution in [0.3, 0.4) is 0 Å². The van der Waals surface area contributed by atoms with Gasteiger partial charge >= 0.3 is 0 Å². The molecule has 0 aromatic carbocycles. The van der Waals surface area contributed by atoms with Crippen LogP contribution in [0.15, 0.2) is 18.3 Å². The van der Waals surface area contributed by atoms with E-state index in [0.717, 1.165) is 19.3 Å². The number of methoxy groups -OCH3 is 1. The number of hydrogen-bond acceptors (Lipinski definition) is 4. The summed E-state index contributed by atoms with van der Waals surface area (Å²) in [4.78, 5) is 29.5. The van der Waals surface area contributed by atoms with Gasteiger partial charge in [-0.3, -0.25) is 9.59 Å². The van der Waals surface area contributed by atoms with E-state index >= 15 is 0 Å². The molecule has 0 saturated carbocycles. The van der Waals surface area contributed by atoms with Crippen LogP contribution < -0.4 is 10.1 Å². The minimum atomic E-state index is -0.230. The number of likely N-dealkylation sites (tertiary alicyclic amines) is 1. The molecule has 2 rings (SSSR count). The molecule has 0 atom stereocenters. The summed E-state index contributed by atoms with van der Waals surface area (Å²) in [5.74, 6) is 0.186. The lowest BCUT2D eigenvalue weighted by atomic mass is 10.2. The first kappa shape index (κ1) is 14.3. The SMILES string of the molecule is COc1ncccc1NC(=O)CN1CCCCCC1=O. The van der Waals surface area contributed by atoms with Gasteiger partial charge in [0.25, 0.3) is 0 Å². The van der Waals surface area contributed by atoms with Crippen molar-refractivity contribution < 1.29 is 14.3 Å². The number of rotatable bonds is 4. The highest BCUT2D eigenvalue weighted by molar-refractivity contribution is 5.95. The lowest BCUT2D eigenvalue weighted by molar-refractivity contribution is -0.134. The smallest absolute Gasteiger partial charge is 0.244 e. The van der Waals surface area contributed by atoms with Gasteiger partial charge in [0.05, 0.1) is 13.7 Å². The number of pyridine rings is 1. The first-order valence-electron chi connectivity index (χ1n) is 6.77. The number of hydrogen-bond donors (Lipinski definition) is 1. The van der Waals surface area contributed by atoms with Gasteiger partial charge in [0.2, 0.25) is 17.7 Å². The van der Waals surface area contributed by atoms with Crippen molar-refractivity contribution in [2.75, 3.05) is 25.5 Å². The molecule has 0 spiro atoms. The maximum Gasteiger partial charge on any atom is 0.244 e. The monoisotopic (exact) mass is 277 g/mol. The Balaban J connectivity index is 1.96. The van der Waals surface area contributed by atoms with Gasteiger partial charge in [0.15, 0.2) is 0 Å². The van der Waals surface area contributed by atoms with E-state index in [9.17, 15) is 9.59 Å². The van der Waals surface area contributed by atoms with E-state index in [1.165, 1.54) is 7.11 Å². The van der Waals surface area contributed by atoms with Crippen LogP contribution in [0.5, 0.6) is 5.88 Å². The number of carbonyl (C=O) groups excluding carboxylic acids is 2. The van der Waals surface area contributed by atoms with E-state index in [4.69, 9.17) is 4.74 Å². The summed E-state index contributed by atoms with van der Waals surface area (Å²) in [6, 6.07) is 3.43. The van der Waals surface area contributed by atoms with E-state index in [2.05, 4.69) is 10.3 Å². The predicted molar refractivity (Wildman–Crippen MR) is 74.5 cm³/mol. The van der Waals surface area contributed by atoms with Crippen LogP contribution in [0.25, 0.3) is 0 Å². The number of nitrogens with zero attached hydrogens (tertiary/aromatic N) is 2. The fraction of sp³-hybridized carbons (Fsp3) is 0.500. The molecule has 2 amide bonds. The van der Waals surface area contributed by atoms with E-state index < -0.39 is 0 Å². The molecule has 1 aromatic rings. The zero-order valence-electron chi connectivity index (χ0n) is 11.6. The Hall–Kier alpha value is -2.11. The fourth-order valence-corrected chi connectivity index (χ4v) is 2.22. The molecule has 1 fully saturated rings. The second-order valence-corrected chi connectivity index (χ2v) is 4.73. The van der Waals surface area contributed by atoms with Gasteiger partial charge in [-0.2, -0.15) is 0 Å². The summed E-state index contributed by atoms with van der Waals surface area (Å²) in [7, 11) is 1.50. The van der Waals surface area contributed by atoms with Crippen LogP contribution in [0.2, 0.25) is 0 Å². The van der Waals surface area contributed by atoms with Crippen LogP contribution in [0, 0.1) is 0 Å². The van der Waals surface area contributed by atoms with Crippen LogP contribution >= 0.6 is 0 Å². The molecule has 0 aliphatic carbocycles. The summed E-state index contributed by atoms with van der Waals surface area (Å²) in [5.41, 5.74) is 0.516. The Morgan fingerprint density at radius 2 is 2.30 bits per heavy atom. The Morgan fingerprint density at radius 1 is 1.45 bits per heavy atom. The largest absolute Gasteiger partial charge is 0.480 e. The molecule has 108 valence electrons. The highest BCUT2D eigenvalue weighted by Crippen LogP contribution is 2.19. The topological polar surface area (TPSA) is 71.5 Å². The Bertz CT molecular complexity index is 490. The summed E-state index contributed by atoms with van der Waals surface area (Å²) < 4.78 is 5.07. The highest BCUT2D eigenvalue weighted by Gasteiger charge is 2.19. The highest BCUT2D eigenvalue weighted by atomic mass is 16.5. The van der Waals surface area contributed by atoms with Gasteiger partial charge in [-0.25, -0.2) is 4.98 Å². The second kappa shape index (κ2) is 6.88. The minimum absolute atomic E-state index is 0.0517. The standard InChI is InChI=1S/C14H19N3O3/c1-20-14-11(6-5-8-15-14)16-12(18)10-17-9-4-2-3-7-13(17)19/h5-6,8H,2-4,7,9-10H2,1H3,(H,16,18). The fourth-order valence-electron chi connectivity index (χ4n) is 2.22. The van der Waals surface area contributed by atoms with E-state index in [1.54, 1.807) is 23.2 Å². The summed E-state index contributed by atoms with van der Waals surface area (Å²) in [5, 5.41) is 2.73. The van der Waals surface area contributed by atoms with Crippen molar-refractivity contribution in [1.82, 2.24) is 9.88 Å². The Morgan fingerprint density at radius 3 is 3.10 bits per heavy atom. The Labute approximate surface area is 118 Å². The number of carbonyl (C=O) groups is 2. The normalized spacial score (nSPS) is 15.7. The molecule has 0 radical (unpaired) electrons. The van der Waals surface area contributed by atoms with Gasteiger partial charge in [-0.1, -0.05) is 6.42 Å². The molecular weight excluding hydrogens is 258 g/mol. The van der Waals surface area contributed by atoms with Crippen LogP contribution in [-0.4, -0.2) is 41.9 Å². The number of ether oxygens (including phenoxy) is 1. The molecule has 1 aliphatic heterocycles. The minimum Gasteiger partial charge on any atom is -0.480 e. The third-order valence-corrected chi connectivity index (χ3v) is 3.24. The molecule has 2 heterocycles. The number of aromatic nitrogens is 1. The van der Waals surface area contributed by atoms with Crippen LogP contribution in [-0.2, 0) is 9.59 Å². The van der Waals surface area contributed by atoms with Gasteiger partial charge in [-0.05, 0) is 25.0 Å². The van der Waals surface area contributed by atoms with Crippen molar-refractivity contribution in [3.8, 4) is 5.88 Å². The number of anilines is 1. The van der Waals surface area contributed by atoms with Gasteiger partial charge in [0.1, 0.15) is 5.69 Å². The van der Waals surface area contributed by atoms with Crippen molar-refractivity contribution in [2.24, 2.45) is 0 Å². The average Bonchev–Trinajstić information content (AvgIpc) is 2.65. The third-order valence-electron chi connectivity index (χ3n) is 3.24. The molecular formula is C14H19N3O3. The van der Waals surface area contributed by atoms with Crippen molar-refractivity contribution in [2.45, 2.75) is 25.7 Å². The maximum atomic E-state index is 12.0. The molecule has 1 N–H and O–H groups in total. The maximum absolute atomic E-state index is 12.0. The van der Waals surface area contributed by atoms with Crippen LogP contribution in [0.4, 0.5) is 5.69 Å². The lowest BCUT2D eigenvalue weighted by Crippen LogP contribution is -2.37. The second-order valence-electron chi connectivity index (χ2n) is 4.73. The molecule has 0 unspecified atom stereocenters. The predicted octanol–water partition coefficient (Wildman–Crippen LogP) is 1.43. The van der Waals surface area contributed by atoms with E-state index in [-0.39, 0.29) is 18.4 Å². The summed E-state index contributed by atoms with van der Waals surface area (Å²) in [6.07, 6.45) is 5.03. The molecule has 0 bridgehead atoms. The van der Waals surface area contributed by atoms with Gasteiger partial charge in [-0.15, -0.1) is 0 Å². The van der Waals surface area contributed by atoms with Crippen molar-refractivity contribution >= 4 is 17.5 Å². The first-order valence-corrected chi connectivity index (χ1v) is 6.77. The quantitative estimate of drug-likeness (QED) is 0.903. The lowest BCUT2D eigenvalue weighted by Gasteiger charge is -2.20. The molecule has 1 aliphatic rings. The summed E-state index contributed by atoms with van der Waals surface area (Å²) >= 11 is 0. The Kier molecular flexibility index (Phi) is 4.92. The zero-order valence-corrected chi connectivity index (χ0v) is 11.6. The third kappa shape index (κ3) is 3.69. The molecule has 1 aromatic heterocycles. The summed E-state index contributed by atoms with van der Waals surface area (Å²) in [6.45, 7) is 0.729. The molecule has 6 nitrogen and oxygen atoms in total. The number of amides is 2. The zero-order chi connectivity index (χ0) is 14.4.